The summed E-state index contributed by atoms with van der Waals surface area (Å²) in [7, 11) is 0. The summed E-state index contributed by atoms with van der Waals surface area (Å²) < 4.78 is 2.48. The van der Waals surface area contributed by atoms with E-state index in [2.05, 4.69) is 125 Å². The first kappa shape index (κ1) is 26.5. The van der Waals surface area contributed by atoms with Crippen LogP contribution in [0, 0.1) is 22.7 Å². The van der Waals surface area contributed by atoms with E-state index in [1.807, 2.05) is 24.3 Å². The van der Waals surface area contributed by atoms with Crippen molar-refractivity contribution >= 4 is 21.8 Å². The van der Waals surface area contributed by atoms with Crippen molar-refractivity contribution < 1.29 is 0 Å². The molecular weight excluding hydrogens is 534 g/mol. The molecule has 0 radical (unpaired) electrons. The third-order valence-electron chi connectivity index (χ3n) is 9.94. The van der Waals surface area contributed by atoms with Gasteiger partial charge in [0, 0.05) is 10.8 Å². The Morgan fingerprint density at radius 3 is 1.75 bits per heavy atom. The molecule has 1 aromatic heterocycles. The maximum atomic E-state index is 9.91. The van der Waals surface area contributed by atoms with Crippen molar-refractivity contribution in [1.82, 2.24) is 4.57 Å². The highest BCUT2D eigenvalue weighted by atomic mass is 15.0. The maximum absolute atomic E-state index is 9.91. The van der Waals surface area contributed by atoms with E-state index in [0.717, 1.165) is 22.3 Å². The third kappa shape index (κ3) is 3.25. The molecule has 1 spiro atoms. The van der Waals surface area contributed by atoms with Crippen LogP contribution in [0.3, 0.4) is 0 Å². The zero-order valence-electron chi connectivity index (χ0n) is 26.0. The Morgan fingerprint density at radius 1 is 0.568 bits per heavy atom. The van der Waals surface area contributed by atoms with Gasteiger partial charge in [-0.3, -0.25) is 0 Å². The van der Waals surface area contributed by atoms with Gasteiger partial charge in [-0.2, -0.15) is 10.5 Å². The first-order valence-electron chi connectivity index (χ1n) is 15.3. The van der Waals surface area contributed by atoms with E-state index in [-0.39, 0.29) is 10.8 Å². The van der Waals surface area contributed by atoms with E-state index in [0.29, 0.717) is 11.1 Å². The summed E-state index contributed by atoms with van der Waals surface area (Å²) in [6.45, 7) is 13.7. The van der Waals surface area contributed by atoms with E-state index in [1.54, 1.807) is 0 Å². The molecule has 1 aliphatic heterocycles. The molecule has 0 fully saturated rings. The van der Waals surface area contributed by atoms with Gasteiger partial charge in [-0.15, -0.1) is 0 Å². The number of fused-ring (bicyclic) bond motifs is 12. The normalized spacial score (nSPS) is 14.3. The Balaban J connectivity index is 1.65. The highest BCUT2D eigenvalue weighted by Crippen LogP contribution is 2.61. The molecule has 0 saturated heterocycles. The van der Waals surface area contributed by atoms with Crippen LogP contribution in [0.25, 0.3) is 38.6 Å². The van der Waals surface area contributed by atoms with E-state index in [1.165, 1.54) is 49.7 Å². The molecule has 0 bridgehead atoms. The predicted octanol–water partition coefficient (Wildman–Crippen LogP) is 9.80. The fourth-order valence-corrected chi connectivity index (χ4v) is 7.77. The summed E-state index contributed by atoms with van der Waals surface area (Å²) in [6.07, 6.45) is 0. The lowest BCUT2D eigenvalue weighted by Gasteiger charge is -2.40. The number of para-hydroxylation sites is 1. The van der Waals surface area contributed by atoms with Crippen LogP contribution in [-0.2, 0) is 16.2 Å². The Labute approximate surface area is 258 Å². The Bertz CT molecular complexity index is 2260. The summed E-state index contributed by atoms with van der Waals surface area (Å²) in [5.41, 5.74) is 13.6. The van der Waals surface area contributed by atoms with Crippen LogP contribution in [-0.4, -0.2) is 4.57 Å². The SMILES string of the molecule is CC(C)(C)c1ccc2c(c1)c1cc(C(C)(C)C)cc3c1n2-c1ccccc1C31c2ccc(C#N)cc2-c2cc(C#N)ccc21. The lowest BCUT2D eigenvalue weighted by atomic mass is 9.64. The average molecular weight is 568 g/mol. The van der Waals surface area contributed by atoms with Crippen LogP contribution in [0.4, 0.5) is 0 Å². The largest absolute Gasteiger partial charge is 0.309 e. The number of nitrogens with zero attached hydrogens (tertiary/aromatic N) is 3. The van der Waals surface area contributed by atoms with Crippen molar-refractivity contribution in [2.45, 2.75) is 57.8 Å². The van der Waals surface area contributed by atoms with Crippen LogP contribution in [0.5, 0.6) is 0 Å². The molecule has 0 amide bonds. The molecular formula is C41H33N3. The van der Waals surface area contributed by atoms with Crippen molar-refractivity contribution in [2.24, 2.45) is 0 Å². The molecule has 212 valence electrons. The number of hydrogen-bond acceptors (Lipinski definition) is 2. The fourth-order valence-electron chi connectivity index (χ4n) is 7.77. The van der Waals surface area contributed by atoms with Crippen LogP contribution in [0.2, 0.25) is 0 Å². The molecule has 3 nitrogen and oxygen atoms in total. The number of rotatable bonds is 0. The smallest absolute Gasteiger partial charge is 0.0991 e. The monoisotopic (exact) mass is 567 g/mol. The number of aromatic nitrogens is 1. The van der Waals surface area contributed by atoms with Gasteiger partial charge in [0.2, 0.25) is 0 Å². The molecule has 0 N–H and O–H groups in total. The van der Waals surface area contributed by atoms with E-state index >= 15 is 0 Å². The average Bonchev–Trinajstić information content (AvgIpc) is 3.49. The molecule has 0 saturated carbocycles. The summed E-state index contributed by atoms with van der Waals surface area (Å²) in [4.78, 5) is 0. The number of benzene rings is 5. The molecule has 0 unspecified atom stereocenters. The topological polar surface area (TPSA) is 52.5 Å². The second kappa shape index (κ2) is 8.49. The van der Waals surface area contributed by atoms with Gasteiger partial charge >= 0.3 is 0 Å². The quantitative estimate of drug-likeness (QED) is 0.183. The van der Waals surface area contributed by atoms with Crippen molar-refractivity contribution in [3.05, 3.63) is 136 Å². The van der Waals surface area contributed by atoms with Gasteiger partial charge in [0.15, 0.2) is 0 Å². The van der Waals surface area contributed by atoms with Crippen molar-refractivity contribution in [2.75, 3.05) is 0 Å². The molecule has 3 heteroatoms. The lowest BCUT2D eigenvalue weighted by molar-refractivity contribution is 0.588. The molecule has 6 aromatic rings. The van der Waals surface area contributed by atoms with E-state index < -0.39 is 5.41 Å². The zero-order chi connectivity index (χ0) is 30.8. The van der Waals surface area contributed by atoms with Gasteiger partial charge in [-0.05, 0) is 104 Å². The summed E-state index contributed by atoms with van der Waals surface area (Å²) in [5, 5.41) is 22.4. The van der Waals surface area contributed by atoms with Gasteiger partial charge in [-0.25, -0.2) is 0 Å². The first-order chi connectivity index (χ1) is 21.0. The van der Waals surface area contributed by atoms with Gasteiger partial charge in [0.1, 0.15) is 0 Å². The Kier molecular flexibility index (Phi) is 5.12. The molecule has 5 aromatic carbocycles. The van der Waals surface area contributed by atoms with E-state index in [4.69, 9.17) is 0 Å². The first-order valence-corrected chi connectivity index (χ1v) is 15.3. The maximum Gasteiger partial charge on any atom is 0.0991 e. The number of nitriles is 2. The van der Waals surface area contributed by atoms with Crippen LogP contribution in [0.1, 0.15) is 86.1 Å². The molecule has 8 rings (SSSR count). The van der Waals surface area contributed by atoms with Crippen molar-refractivity contribution in [1.29, 1.82) is 10.5 Å². The van der Waals surface area contributed by atoms with Gasteiger partial charge in [0.05, 0.1) is 45.4 Å². The highest BCUT2D eigenvalue weighted by molar-refractivity contribution is 6.13. The van der Waals surface area contributed by atoms with Crippen LogP contribution in [0.15, 0.2) is 91.0 Å². The van der Waals surface area contributed by atoms with Crippen molar-refractivity contribution in [3.8, 4) is 29.0 Å². The fraction of sp³-hybridized carbons (Fsp3) is 0.220. The Hall–Kier alpha value is -5.12. The lowest BCUT2D eigenvalue weighted by Crippen LogP contribution is -2.34. The molecule has 2 aliphatic rings. The zero-order valence-corrected chi connectivity index (χ0v) is 26.0. The van der Waals surface area contributed by atoms with Gasteiger partial charge < -0.3 is 4.57 Å². The molecule has 2 heterocycles. The summed E-state index contributed by atoms with van der Waals surface area (Å²) in [6, 6.07) is 37.6. The second-order valence-electron chi connectivity index (χ2n) is 14.5. The predicted molar refractivity (Wildman–Crippen MR) is 178 cm³/mol. The van der Waals surface area contributed by atoms with Crippen molar-refractivity contribution in [3.63, 3.8) is 0 Å². The van der Waals surface area contributed by atoms with Gasteiger partial charge in [-0.1, -0.05) is 84.0 Å². The highest BCUT2D eigenvalue weighted by Gasteiger charge is 2.51. The van der Waals surface area contributed by atoms with E-state index in [9.17, 15) is 10.5 Å². The Morgan fingerprint density at radius 2 is 1.16 bits per heavy atom. The third-order valence-corrected chi connectivity index (χ3v) is 9.94. The standard InChI is InChI=1S/C41H33N3/c1-39(2,3)26-13-16-36-30(19-26)31-20-27(40(4,5)6)21-35-38(31)44(36)37-10-8-7-9-34(37)41(35)32-14-11-24(22-42)17-28(32)29-18-25(23-43)12-15-33(29)41/h7-21H,1-6H3. The molecule has 0 atom stereocenters. The number of hydrogen-bond donors (Lipinski definition) is 0. The molecule has 44 heavy (non-hydrogen) atoms. The molecule has 1 aliphatic carbocycles. The minimum absolute atomic E-state index is 0.0205. The van der Waals surface area contributed by atoms with Gasteiger partial charge in [0.25, 0.3) is 0 Å². The second-order valence-corrected chi connectivity index (χ2v) is 14.5. The van der Waals surface area contributed by atoms with Crippen LogP contribution >= 0.6 is 0 Å². The van der Waals surface area contributed by atoms with Crippen LogP contribution < -0.4 is 0 Å². The summed E-state index contributed by atoms with van der Waals surface area (Å²) in [5.74, 6) is 0. The minimum atomic E-state index is -0.611. The minimum Gasteiger partial charge on any atom is -0.309 e. The summed E-state index contributed by atoms with van der Waals surface area (Å²) >= 11 is 0.